The Balaban J connectivity index is 1.78. The number of hydrogen-bond donors (Lipinski definition) is 0. The maximum atomic E-state index is 13.0. The normalized spacial score (nSPS) is 24.4. The third-order valence-electron chi connectivity index (χ3n) is 6.74. The summed E-state index contributed by atoms with van der Waals surface area (Å²) in [4.78, 5) is 26.0. The molecular weight excluding hydrogens is 428 g/mol. The van der Waals surface area contributed by atoms with E-state index in [-0.39, 0.29) is 31.1 Å². The summed E-state index contributed by atoms with van der Waals surface area (Å²) < 4.78 is 33.3. The molecule has 8 nitrogen and oxygen atoms in total. The van der Waals surface area contributed by atoms with Crippen molar-refractivity contribution >= 4 is 11.8 Å². The summed E-state index contributed by atoms with van der Waals surface area (Å²) in [6, 6.07) is 7.36. The van der Waals surface area contributed by atoms with Gasteiger partial charge in [0.25, 0.3) is 0 Å². The summed E-state index contributed by atoms with van der Waals surface area (Å²) in [7, 11) is 4.62. The summed E-state index contributed by atoms with van der Waals surface area (Å²) in [5.74, 6) is 0.131. The summed E-state index contributed by atoms with van der Waals surface area (Å²) in [6.07, 6.45) is 1.30. The number of esters is 1. The third-order valence-corrected chi connectivity index (χ3v) is 6.74. The number of carbonyl (C=O) groups is 2. The van der Waals surface area contributed by atoms with Crippen molar-refractivity contribution in [3.05, 3.63) is 53.6 Å². The SMILES string of the molecule is C=CC(=O)[C@H]1c2cc3c(cc2[C@@H](c2cc(OC)c(OC)c(OC)c2)[C@H]2C(=O)OC[C@@H]21)OCO3. The van der Waals surface area contributed by atoms with Gasteiger partial charge in [-0.1, -0.05) is 6.58 Å². The first-order chi connectivity index (χ1) is 16.0. The van der Waals surface area contributed by atoms with Crippen molar-refractivity contribution in [2.75, 3.05) is 34.7 Å². The molecule has 0 aromatic heterocycles. The molecular formula is C25H24O8. The van der Waals surface area contributed by atoms with Crippen molar-refractivity contribution in [1.29, 1.82) is 0 Å². The predicted octanol–water partition coefficient (Wildman–Crippen LogP) is 3.21. The Kier molecular flexibility index (Phi) is 5.15. The van der Waals surface area contributed by atoms with Crippen molar-refractivity contribution in [2.45, 2.75) is 11.8 Å². The van der Waals surface area contributed by atoms with Gasteiger partial charge < -0.3 is 28.4 Å². The fraction of sp³-hybridized carbons (Fsp3) is 0.360. The lowest BCUT2D eigenvalue weighted by molar-refractivity contribution is -0.141. The Labute approximate surface area is 191 Å². The summed E-state index contributed by atoms with van der Waals surface area (Å²) >= 11 is 0. The van der Waals surface area contributed by atoms with E-state index < -0.39 is 17.8 Å². The molecule has 4 atom stereocenters. The number of ketones is 1. The van der Waals surface area contributed by atoms with Gasteiger partial charge in [0.15, 0.2) is 28.8 Å². The lowest BCUT2D eigenvalue weighted by Gasteiger charge is -2.38. The number of fused-ring (bicyclic) bond motifs is 3. The number of methoxy groups -OCH3 is 3. The first kappa shape index (κ1) is 21.2. The monoisotopic (exact) mass is 452 g/mol. The molecule has 1 fully saturated rings. The van der Waals surface area contributed by atoms with Crippen LogP contribution in [0.1, 0.15) is 28.5 Å². The van der Waals surface area contributed by atoms with Gasteiger partial charge in [-0.2, -0.15) is 0 Å². The lowest BCUT2D eigenvalue weighted by Crippen LogP contribution is -2.37. The van der Waals surface area contributed by atoms with Gasteiger partial charge in [-0.15, -0.1) is 0 Å². The van der Waals surface area contributed by atoms with Crippen LogP contribution in [0, 0.1) is 11.8 Å². The molecule has 0 N–H and O–H groups in total. The number of hydrogen-bond acceptors (Lipinski definition) is 8. The van der Waals surface area contributed by atoms with Crippen LogP contribution in [0.25, 0.3) is 0 Å². The maximum Gasteiger partial charge on any atom is 0.310 e. The molecule has 0 spiro atoms. The molecule has 33 heavy (non-hydrogen) atoms. The van der Waals surface area contributed by atoms with E-state index in [1.807, 2.05) is 24.3 Å². The van der Waals surface area contributed by atoms with Crippen molar-refractivity contribution in [3.8, 4) is 28.7 Å². The van der Waals surface area contributed by atoms with Crippen LogP contribution in [-0.2, 0) is 14.3 Å². The van der Waals surface area contributed by atoms with E-state index >= 15 is 0 Å². The second-order valence-corrected chi connectivity index (χ2v) is 8.17. The van der Waals surface area contributed by atoms with E-state index in [2.05, 4.69) is 6.58 Å². The van der Waals surface area contributed by atoms with Gasteiger partial charge >= 0.3 is 5.97 Å². The Bertz CT molecular complexity index is 1130. The zero-order valence-corrected chi connectivity index (χ0v) is 18.6. The second-order valence-electron chi connectivity index (χ2n) is 8.17. The second kappa shape index (κ2) is 8.03. The van der Waals surface area contributed by atoms with E-state index in [0.29, 0.717) is 28.7 Å². The predicted molar refractivity (Wildman–Crippen MR) is 116 cm³/mol. The average molecular weight is 452 g/mol. The number of allylic oxidation sites excluding steroid dienone is 1. The van der Waals surface area contributed by atoms with Gasteiger partial charge in [-0.05, 0) is 47.0 Å². The quantitative estimate of drug-likeness (QED) is 0.488. The number of cyclic esters (lactones) is 1. The minimum Gasteiger partial charge on any atom is -0.493 e. The van der Waals surface area contributed by atoms with Crippen molar-refractivity contribution < 1.29 is 38.0 Å². The van der Waals surface area contributed by atoms with Crippen LogP contribution in [0.5, 0.6) is 28.7 Å². The molecule has 2 aromatic rings. The van der Waals surface area contributed by atoms with Gasteiger partial charge in [0, 0.05) is 11.8 Å². The summed E-state index contributed by atoms with van der Waals surface area (Å²) in [5.41, 5.74) is 2.36. The first-order valence-electron chi connectivity index (χ1n) is 10.6. The van der Waals surface area contributed by atoms with Crippen LogP contribution < -0.4 is 23.7 Å². The number of benzene rings is 2. The Hall–Kier alpha value is -3.68. The number of ether oxygens (including phenoxy) is 6. The van der Waals surface area contributed by atoms with Crippen molar-refractivity contribution in [2.24, 2.45) is 11.8 Å². The molecule has 0 amide bonds. The molecule has 2 aliphatic heterocycles. The highest BCUT2D eigenvalue weighted by Crippen LogP contribution is 2.56. The highest BCUT2D eigenvalue weighted by Gasteiger charge is 2.54. The zero-order chi connectivity index (χ0) is 23.3. The Morgan fingerprint density at radius 3 is 2.18 bits per heavy atom. The third kappa shape index (κ3) is 3.12. The van der Waals surface area contributed by atoms with Gasteiger partial charge in [-0.3, -0.25) is 9.59 Å². The van der Waals surface area contributed by atoms with Crippen LogP contribution in [0.15, 0.2) is 36.9 Å². The molecule has 0 radical (unpaired) electrons. The highest BCUT2D eigenvalue weighted by molar-refractivity contribution is 5.97. The molecule has 172 valence electrons. The van der Waals surface area contributed by atoms with E-state index in [1.165, 1.54) is 13.2 Å². The molecule has 2 aromatic carbocycles. The first-order valence-corrected chi connectivity index (χ1v) is 10.6. The van der Waals surface area contributed by atoms with Crippen LogP contribution in [0.4, 0.5) is 0 Å². The van der Waals surface area contributed by atoms with Gasteiger partial charge in [0.1, 0.15) is 0 Å². The molecule has 2 heterocycles. The van der Waals surface area contributed by atoms with Crippen molar-refractivity contribution in [1.82, 2.24) is 0 Å². The van der Waals surface area contributed by atoms with Gasteiger partial charge in [0.2, 0.25) is 12.5 Å². The molecule has 1 aliphatic carbocycles. The molecule has 0 saturated carbocycles. The molecule has 3 aliphatic rings. The fourth-order valence-corrected chi connectivity index (χ4v) is 5.34. The van der Waals surface area contributed by atoms with Gasteiger partial charge in [0.05, 0.1) is 39.8 Å². The van der Waals surface area contributed by atoms with Crippen LogP contribution in [0.2, 0.25) is 0 Å². The molecule has 8 heteroatoms. The lowest BCUT2D eigenvalue weighted by atomic mass is 9.62. The van der Waals surface area contributed by atoms with E-state index in [9.17, 15) is 9.59 Å². The standard InChI is InChI=1S/C25H24O8/c1-5-16(26)22-14-9-18-17(32-11-33-18)8-13(14)21(23-15(22)10-31-25(23)27)12-6-19(28-2)24(30-4)20(7-12)29-3/h5-9,15,21-23H,1,10-11H2,2-4H3/t15-,21-,22+,23+/m1/s1. The maximum absolute atomic E-state index is 13.0. The molecule has 0 bridgehead atoms. The van der Waals surface area contributed by atoms with E-state index in [1.54, 1.807) is 14.2 Å². The number of rotatable bonds is 6. The molecule has 1 saturated heterocycles. The Morgan fingerprint density at radius 1 is 0.970 bits per heavy atom. The highest BCUT2D eigenvalue weighted by atomic mass is 16.7. The minimum absolute atomic E-state index is 0.0993. The van der Waals surface area contributed by atoms with Crippen LogP contribution >= 0.6 is 0 Å². The Morgan fingerprint density at radius 2 is 1.61 bits per heavy atom. The van der Waals surface area contributed by atoms with Crippen molar-refractivity contribution in [3.63, 3.8) is 0 Å². The average Bonchev–Trinajstić information content (AvgIpc) is 3.45. The minimum atomic E-state index is -0.574. The topological polar surface area (TPSA) is 89.5 Å². The number of carbonyl (C=O) groups excluding carboxylic acids is 2. The summed E-state index contributed by atoms with van der Waals surface area (Å²) in [5, 5.41) is 0. The summed E-state index contributed by atoms with van der Waals surface area (Å²) in [6.45, 7) is 3.93. The van der Waals surface area contributed by atoms with E-state index in [4.69, 9.17) is 28.4 Å². The molecule has 5 rings (SSSR count). The van der Waals surface area contributed by atoms with Gasteiger partial charge in [-0.25, -0.2) is 0 Å². The smallest absolute Gasteiger partial charge is 0.310 e. The largest absolute Gasteiger partial charge is 0.493 e. The molecule has 0 unspecified atom stereocenters. The van der Waals surface area contributed by atoms with Crippen LogP contribution in [0.3, 0.4) is 0 Å². The van der Waals surface area contributed by atoms with E-state index in [0.717, 1.165) is 16.7 Å². The zero-order valence-electron chi connectivity index (χ0n) is 18.6. The van der Waals surface area contributed by atoms with Crippen LogP contribution in [-0.4, -0.2) is 46.5 Å². The fourth-order valence-electron chi connectivity index (χ4n) is 5.34.